The van der Waals surface area contributed by atoms with Gasteiger partial charge in [-0.05, 0) is 65.2 Å². The standard InChI is InChI=1S/C36H62N8/c1-7-15-37-19-23-41(29-37)33(5)27-36(10-4)44-26-22-40(32-44)18-14-12-11-13-17-39-20-24-42(30-39)34(6)28-35(9-3)43-25-21-38(31-43)16-8-2/h19-26,29-36H,7-18,27-28H2,1-6H3/q+4. The van der Waals surface area contributed by atoms with Crippen molar-refractivity contribution in [3.05, 3.63) is 74.9 Å². The maximum atomic E-state index is 2.44. The van der Waals surface area contributed by atoms with E-state index in [1.807, 2.05) is 0 Å². The van der Waals surface area contributed by atoms with Crippen LogP contribution in [-0.2, 0) is 26.2 Å². The summed E-state index contributed by atoms with van der Waals surface area (Å²) < 4.78 is 19.0. The molecule has 0 N–H and O–H groups in total. The van der Waals surface area contributed by atoms with Crippen LogP contribution in [0.1, 0.15) is 130 Å². The first-order valence-corrected chi connectivity index (χ1v) is 17.7. The highest BCUT2D eigenvalue weighted by molar-refractivity contribution is 4.81. The van der Waals surface area contributed by atoms with E-state index in [2.05, 4.69) is 153 Å². The first-order chi connectivity index (χ1) is 21.4. The zero-order valence-corrected chi connectivity index (χ0v) is 28.7. The molecule has 0 spiro atoms. The predicted molar refractivity (Wildman–Crippen MR) is 175 cm³/mol. The third-order valence-electron chi connectivity index (χ3n) is 9.42. The zero-order chi connectivity index (χ0) is 31.3. The van der Waals surface area contributed by atoms with Crippen LogP contribution in [0.15, 0.2) is 74.9 Å². The molecule has 0 aliphatic heterocycles. The van der Waals surface area contributed by atoms with Gasteiger partial charge in [-0.25, -0.2) is 36.5 Å². The molecule has 4 heterocycles. The minimum Gasteiger partial charge on any atom is -0.237 e. The molecule has 0 amide bonds. The number of rotatable bonds is 21. The van der Waals surface area contributed by atoms with Crippen LogP contribution in [0, 0.1) is 0 Å². The molecule has 8 nitrogen and oxygen atoms in total. The number of aryl methyl sites for hydroxylation is 4. The van der Waals surface area contributed by atoms with Crippen LogP contribution in [0.3, 0.4) is 0 Å². The molecule has 0 aromatic carbocycles. The smallest absolute Gasteiger partial charge is 0.237 e. The van der Waals surface area contributed by atoms with E-state index in [4.69, 9.17) is 0 Å². The first kappa shape index (κ1) is 33.7. The summed E-state index contributed by atoms with van der Waals surface area (Å²) in [4.78, 5) is 0. The lowest BCUT2D eigenvalue weighted by molar-refractivity contribution is -0.698. The van der Waals surface area contributed by atoms with E-state index in [0.29, 0.717) is 24.2 Å². The number of imidazole rings is 4. The van der Waals surface area contributed by atoms with Gasteiger partial charge in [0.25, 0.3) is 0 Å². The Bertz CT molecular complexity index is 1340. The van der Waals surface area contributed by atoms with Crippen molar-refractivity contribution in [3.63, 3.8) is 0 Å². The Morgan fingerprint density at radius 1 is 0.455 bits per heavy atom. The Morgan fingerprint density at radius 3 is 1.16 bits per heavy atom. The van der Waals surface area contributed by atoms with Crippen LogP contribution < -0.4 is 18.3 Å². The van der Waals surface area contributed by atoms with Crippen molar-refractivity contribution >= 4 is 0 Å². The quantitative estimate of drug-likeness (QED) is 0.0786. The van der Waals surface area contributed by atoms with Gasteiger partial charge in [-0.3, -0.25) is 0 Å². The highest BCUT2D eigenvalue weighted by Gasteiger charge is 2.23. The van der Waals surface area contributed by atoms with Gasteiger partial charge in [-0.15, -0.1) is 0 Å². The number of unbranched alkanes of at least 4 members (excludes halogenated alkanes) is 3. The Kier molecular flexibility index (Phi) is 13.3. The Labute approximate surface area is 267 Å². The van der Waals surface area contributed by atoms with Crippen LogP contribution in [0.25, 0.3) is 0 Å². The highest BCUT2D eigenvalue weighted by Crippen LogP contribution is 2.24. The molecule has 4 rings (SSSR count). The molecule has 242 valence electrons. The normalized spacial score (nSPS) is 14.6. The molecule has 4 atom stereocenters. The van der Waals surface area contributed by atoms with Gasteiger partial charge in [-0.2, -0.15) is 0 Å². The summed E-state index contributed by atoms with van der Waals surface area (Å²) in [6, 6.07) is 2.03. The highest BCUT2D eigenvalue weighted by atomic mass is 15.2. The number of aromatic nitrogens is 8. The van der Waals surface area contributed by atoms with Gasteiger partial charge >= 0.3 is 0 Å². The fourth-order valence-corrected chi connectivity index (χ4v) is 6.61. The van der Waals surface area contributed by atoms with Crippen LogP contribution in [0.4, 0.5) is 0 Å². The summed E-state index contributed by atoms with van der Waals surface area (Å²) >= 11 is 0. The molecule has 8 heteroatoms. The lowest BCUT2D eigenvalue weighted by Gasteiger charge is -2.15. The van der Waals surface area contributed by atoms with Crippen LogP contribution in [0.5, 0.6) is 0 Å². The summed E-state index contributed by atoms with van der Waals surface area (Å²) in [5.74, 6) is 0. The van der Waals surface area contributed by atoms with Crippen LogP contribution in [-0.4, -0.2) is 18.3 Å². The molecule has 0 saturated carbocycles. The van der Waals surface area contributed by atoms with E-state index in [-0.39, 0.29) is 0 Å². The van der Waals surface area contributed by atoms with Crippen LogP contribution in [0.2, 0.25) is 0 Å². The van der Waals surface area contributed by atoms with Gasteiger partial charge < -0.3 is 0 Å². The van der Waals surface area contributed by atoms with E-state index in [0.717, 1.165) is 51.9 Å². The monoisotopic (exact) mass is 607 g/mol. The maximum absolute atomic E-state index is 2.44. The number of hydrogen-bond donors (Lipinski definition) is 0. The molecule has 0 fully saturated rings. The molecule has 4 unspecified atom stereocenters. The van der Waals surface area contributed by atoms with E-state index < -0.39 is 0 Å². The first-order valence-electron chi connectivity index (χ1n) is 17.7. The summed E-state index contributed by atoms with van der Waals surface area (Å²) in [5.41, 5.74) is 0. The zero-order valence-electron chi connectivity index (χ0n) is 28.7. The van der Waals surface area contributed by atoms with E-state index in [1.165, 1.54) is 38.5 Å². The van der Waals surface area contributed by atoms with Gasteiger partial charge in [-0.1, -0.05) is 27.7 Å². The molecule has 0 aliphatic rings. The Morgan fingerprint density at radius 2 is 0.795 bits per heavy atom. The van der Waals surface area contributed by atoms with Crippen molar-refractivity contribution in [1.29, 1.82) is 0 Å². The van der Waals surface area contributed by atoms with Crippen molar-refractivity contribution in [1.82, 2.24) is 18.3 Å². The largest absolute Gasteiger partial charge is 0.243 e. The summed E-state index contributed by atoms with van der Waals surface area (Å²) in [6.07, 6.45) is 39.1. The molecule has 4 aromatic rings. The van der Waals surface area contributed by atoms with E-state index >= 15 is 0 Å². The molecular formula is C36H62N8+4. The fraction of sp³-hybridized carbons (Fsp3) is 0.667. The SMILES string of the molecule is CCC[n+]1ccn(C(C)CC(CC)n2cc[n+](CCCCCC[n+]3ccn(C(C)CC(CC)n4cc[n+](CCC)c4)c3)c2)c1. The minimum atomic E-state index is 0.481. The van der Waals surface area contributed by atoms with Crippen molar-refractivity contribution in [2.45, 2.75) is 156 Å². The van der Waals surface area contributed by atoms with Gasteiger partial charge in [0.05, 0.1) is 26.2 Å². The average Bonchev–Trinajstić information content (AvgIpc) is 3.85. The third-order valence-corrected chi connectivity index (χ3v) is 9.42. The molecule has 0 saturated heterocycles. The Balaban J connectivity index is 1.14. The molecule has 0 bridgehead atoms. The van der Waals surface area contributed by atoms with Crippen molar-refractivity contribution in [2.75, 3.05) is 0 Å². The lowest BCUT2D eigenvalue weighted by atomic mass is 10.1. The van der Waals surface area contributed by atoms with Gasteiger partial charge in [0.1, 0.15) is 73.7 Å². The summed E-state index contributed by atoms with van der Waals surface area (Å²) in [7, 11) is 0. The number of hydrogen-bond acceptors (Lipinski definition) is 0. The Hall–Kier alpha value is -3.16. The van der Waals surface area contributed by atoms with E-state index in [9.17, 15) is 0 Å². The fourth-order valence-electron chi connectivity index (χ4n) is 6.61. The average molecular weight is 607 g/mol. The van der Waals surface area contributed by atoms with Gasteiger partial charge in [0.15, 0.2) is 0 Å². The van der Waals surface area contributed by atoms with Crippen molar-refractivity contribution in [2.24, 2.45) is 0 Å². The summed E-state index contributed by atoms with van der Waals surface area (Å²) in [6.45, 7) is 18.2. The second kappa shape index (κ2) is 17.4. The lowest BCUT2D eigenvalue weighted by Crippen LogP contribution is -2.32. The molecular weight excluding hydrogens is 544 g/mol. The molecule has 0 aliphatic carbocycles. The summed E-state index contributed by atoms with van der Waals surface area (Å²) in [5, 5.41) is 0. The van der Waals surface area contributed by atoms with Crippen molar-refractivity contribution in [3.8, 4) is 0 Å². The van der Waals surface area contributed by atoms with Crippen molar-refractivity contribution < 1.29 is 18.3 Å². The van der Waals surface area contributed by atoms with Gasteiger partial charge in [0.2, 0.25) is 25.3 Å². The maximum Gasteiger partial charge on any atom is 0.243 e. The topological polar surface area (TPSA) is 35.2 Å². The third kappa shape index (κ3) is 9.67. The molecule has 4 aromatic heterocycles. The number of nitrogens with zero attached hydrogens (tertiary/aromatic N) is 8. The van der Waals surface area contributed by atoms with E-state index in [1.54, 1.807) is 0 Å². The second-order valence-corrected chi connectivity index (χ2v) is 13.1. The second-order valence-electron chi connectivity index (χ2n) is 13.1. The minimum absolute atomic E-state index is 0.481. The van der Waals surface area contributed by atoms with Gasteiger partial charge in [0, 0.05) is 12.8 Å². The predicted octanol–water partition coefficient (Wildman–Crippen LogP) is 6.33. The van der Waals surface area contributed by atoms with Crippen LogP contribution >= 0.6 is 0 Å². The molecule has 0 radical (unpaired) electrons. The molecule has 44 heavy (non-hydrogen) atoms.